The Kier molecular flexibility index (Phi) is 3.49. The molecule has 8 nitrogen and oxygen atoms in total. The number of carbonyl (C=O) groups excluding carboxylic acids is 4. The number of allylic oxidation sites excluding steroid dienone is 2. The molecule has 30 heavy (non-hydrogen) atoms. The van der Waals surface area contributed by atoms with Gasteiger partial charge in [0, 0.05) is 36.6 Å². The van der Waals surface area contributed by atoms with E-state index in [-0.39, 0.29) is 45.6 Å². The van der Waals surface area contributed by atoms with Crippen molar-refractivity contribution in [3.05, 3.63) is 69.1 Å². The molecule has 4 heterocycles. The molecule has 0 spiro atoms. The van der Waals surface area contributed by atoms with Gasteiger partial charge in [0.2, 0.25) is 0 Å². The zero-order valence-corrected chi connectivity index (χ0v) is 16.7. The largest absolute Gasteiger partial charge is 0.421 e. The highest BCUT2D eigenvalue weighted by atomic mass is 16.5. The predicted molar refractivity (Wildman–Crippen MR) is 103 cm³/mol. The first-order chi connectivity index (χ1) is 14.2. The summed E-state index contributed by atoms with van der Waals surface area (Å²) in [5, 5.41) is 0. The number of ether oxygens (including phenoxy) is 2. The van der Waals surface area contributed by atoms with Gasteiger partial charge in [-0.1, -0.05) is 18.2 Å². The molecule has 0 N–H and O–H groups in total. The van der Waals surface area contributed by atoms with Gasteiger partial charge in [-0.2, -0.15) is 0 Å². The van der Waals surface area contributed by atoms with Crippen molar-refractivity contribution in [2.24, 2.45) is 0 Å². The number of hydrogen-bond acceptors (Lipinski definition) is 6. The van der Waals surface area contributed by atoms with Gasteiger partial charge >= 0.3 is 11.9 Å². The van der Waals surface area contributed by atoms with E-state index in [0.717, 1.165) is 0 Å². The summed E-state index contributed by atoms with van der Waals surface area (Å²) < 4.78 is 10.8. The third-order valence-corrected chi connectivity index (χ3v) is 5.91. The van der Waals surface area contributed by atoms with Gasteiger partial charge in [-0.25, -0.2) is 9.59 Å². The average molecular weight is 404 g/mol. The number of likely N-dealkylation sites (N-methyl/N-ethyl adjacent to an activating group) is 2. The second kappa shape index (κ2) is 5.79. The quantitative estimate of drug-likeness (QED) is 0.697. The third kappa shape index (κ3) is 2.10. The summed E-state index contributed by atoms with van der Waals surface area (Å²) in [6, 6.07) is 6.70. The van der Waals surface area contributed by atoms with Crippen molar-refractivity contribution in [3.8, 4) is 0 Å². The maximum absolute atomic E-state index is 12.6. The molecule has 0 aliphatic carbocycles. The van der Waals surface area contributed by atoms with Crippen LogP contribution < -0.4 is 0 Å². The maximum atomic E-state index is 12.6. The van der Waals surface area contributed by atoms with E-state index in [4.69, 9.17) is 9.47 Å². The van der Waals surface area contributed by atoms with E-state index in [1.54, 1.807) is 52.2 Å². The topological polar surface area (TPSA) is 93.2 Å². The molecule has 0 saturated carbocycles. The second-order valence-corrected chi connectivity index (χ2v) is 7.42. The minimum absolute atomic E-state index is 0.155. The molecule has 2 amide bonds. The molecule has 0 fully saturated rings. The molecule has 0 bridgehead atoms. The van der Waals surface area contributed by atoms with Gasteiger partial charge in [0.1, 0.15) is 0 Å². The number of rotatable bonds is 2. The molecule has 0 saturated heterocycles. The van der Waals surface area contributed by atoms with Gasteiger partial charge in [-0.3, -0.25) is 9.59 Å². The Morgan fingerprint density at radius 1 is 0.667 bits per heavy atom. The molecule has 0 atom stereocenters. The molecule has 0 aromatic heterocycles. The smallest absolute Gasteiger partial charge is 0.346 e. The van der Waals surface area contributed by atoms with Gasteiger partial charge in [0.05, 0.1) is 22.3 Å². The fourth-order valence-corrected chi connectivity index (χ4v) is 4.07. The van der Waals surface area contributed by atoms with Crippen LogP contribution in [0.15, 0.2) is 58.0 Å². The molecular weight excluding hydrogens is 388 g/mol. The van der Waals surface area contributed by atoms with Crippen molar-refractivity contribution >= 4 is 35.3 Å². The predicted octanol–water partition coefficient (Wildman–Crippen LogP) is 1.71. The van der Waals surface area contributed by atoms with Crippen LogP contribution in [0.2, 0.25) is 0 Å². The molecule has 5 rings (SSSR count). The lowest BCUT2D eigenvalue weighted by molar-refractivity contribution is -0.132. The number of benzene rings is 1. The maximum Gasteiger partial charge on any atom is 0.346 e. The van der Waals surface area contributed by atoms with Gasteiger partial charge < -0.3 is 19.3 Å². The first-order valence-electron chi connectivity index (χ1n) is 9.24. The monoisotopic (exact) mass is 404 g/mol. The SMILES string of the molecule is CC1=C2C(=O)OC(c3cccc(C4=C5C(=O)N(C)C(C)=C5C(=O)O4)c3)=C2C(=O)N1C. The minimum atomic E-state index is -0.580. The van der Waals surface area contributed by atoms with Crippen LogP contribution in [0.25, 0.3) is 11.5 Å². The summed E-state index contributed by atoms with van der Waals surface area (Å²) in [6.45, 7) is 3.37. The fraction of sp³-hybridized carbons (Fsp3) is 0.182. The fourth-order valence-electron chi connectivity index (χ4n) is 4.07. The van der Waals surface area contributed by atoms with Crippen molar-refractivity contribution < 1.29 is 28.7 Å². The highest BCUT2D eigenvalue weighted by molar-refractivity contribution is 6.23. The van der Waals surface area contributed by atoms with E-state index < -0.39 is 11.9 Å². The van der Waals surface area contributed by atoms with Crippen molar-refractivity contribution in [3.63, 3.8) is 0 Å². The Morgan fingerprint density at radius 3 is 1.47 bits per heavy atom. The van der Waals surface area contributed by atoms with Gasteiger partial charge in [0.25, 0.3) is 11.8 Å². The lowest BCUT2D eigenvalue weighted by Crippen LogP contribution is -2.20. The molecule has 0 unspecified atom stereocenters. The molecule has 1 aromatic carbocycles. The summed E-state index contributed by atoms with van der Waals surface area (Å²) in [4.78, 5) is 52.8. The first kappa shape index (κ1) is 18.1. The lowest BCUT2D eigenvalue weighted by atomic mass is 10.00. The van der Waals surface area contributed by atoms with Crippen LogP contribution in [0.3, 0.4) is 0 Å². The Morgan fingerprint density at radius 2 is 1.07 bits per heavy atom. The van der Waals surface area contributed by atoms with E-state index in [0.29, 0.717) is 22.5 Å². The highest BCUT2D eigenvalue weighted by Gasteiger charge is 2.45. The Balaban J connectivity index is 1.66. The van der Waals surface area contributed by atoms with E-state index in [1.165, 1.54) is 9.80 Å². The van der Waals surface area contributed by atoms with E-state index in [9.17, 15) is 19.2 Å². The van der Waals surface area contributed by atoms with Crippen molar-refractivity contribution in [2.45, 2.75) is 13.8 Å². The number of nitrogens with zero attached hydrogens (tertiary/aromatic N) is 2. The van der Waals surface area contributed by atoms with E-state index in [1.807, 2.05) is 0 Å². The van der Waals surface area contributed by atoms with Crippen molar-refractivity contribution in [2.75, 3.05) is 14.1 Å². The van der Waals surface area contributed by atoms with E-state index >= 15 is 0 Å². The number of esters is 2. The summed E-state index contributed by atoms with van der Waals surface area (Å²) in [5.41, 5.74) is 2.95. The van der Waals surface area contributed by atoms with Gasteiger partial charge in [-0.15, -0.1) is 0 Å². The number of fused-ring (bicyclic) bond motifs is 2. The molecular formula is C22H16N2O6. The molecule has 1 aromatic rings. The van der Waals surface area contributed by atoms with Crippen LogP contribution in [-0.2, 0) is 28.7 Å². The molecule has 8 heteroatoms. The summed E-state index contributed by atoms with van der Waals surface area (Å²) >= 11 is 0. The zero-order chi connectivity index (χ0) is 21.5. The van der Waals surface area contributed by atoms with Crippen molar-refractivity contribution in [1.82, 2.24) is 9.80 Å². The van der Waals surface area contributed by atoms with Gasteiger partial charge in [0.15, 0.2) is 11.5 Å². The summed E-state index contributed by atoms with van der Waals surface area (Å²) in [7, 11) is 3.19. The number of carbonyl (C=O) groups is 4. The number of cyclic esters (lactones) is 2. The zero-order valence-electron chi connectivity index (χ0n) is 16.7. The van der Waals surface area contributed by atoms with Crippen molar-refractivity contribution in [1.29, 1.82) is 0 Å². The average Bonchev–Trinajstić information content (AvgIpc) is 3.39. The van der Waals surface area contributed by atoms with Crippen LogP contribution in [0, 0.1) is 0 Å². The van der Waals surface area contributed by atoms with E-state index in [2.05, 4.69) is 0 Å². The molecule has 4 aliphatic heterocycles. The van der Waals surface area contributed by atoms with Crippen LogP contribution in [-0.4, -0.2) is 47.6 Å². The van der Waals surface area contributed by atoms with Crippen LogP contribution in [0.1, 0.15) is 25.0 Å². The Bertz CT molecular complexity index is 1170. The lowest BCUT2D eigenvalue weighted by Gasteiger charge is -2.13. The normalized spacial score (nSPS) is 20.8. The summed E-state index contributed by atoms with van der Waals surface area (Å²) in [5.74, 6) is -1.50. The Hall–Kier alpha value is -3.94. The third-order valence-electron chi connectivity index (χ3n) is 5.91. The second-order valence-electron chi connectivity index (χ2n) is 7.42. The molecule has 0 radical (unpaired) electrons. The van der Waals surface area contributed by atoms with Crippen LogP contribution in [0.5, 0.6) is 0 Å². The molecule has 4 aliphatic rings. The highest BCUT2D eigenvalue weighted by Crippen LogP contribution is 2.43. The summed E-state index contributed by atoms with van der Waals surface area (Å²) in [6.07, 6.45) is 0. The van der Waals surface area contributed by atoms with Crippen LogP contribution >= 0.6 is 0 Å². The number of amides is 2. The molecule has 150 valence electrons. The first-order valence-corrected chi connectivity index (χ1v) is 9.24. The van der Waals surface area contributed by atoms with Gasteiger partial charge in [-0.05, 0) is 19.9 Å². The number of hydrogen-bond donors (Lipinski definition) is 0. The Labute approximate surface area is 171 Å². The standard InChI is InChI=1S/C22H16N2O6/c1-9-13-15(19(25)23(9)3)17(29-21(13)27)11-6-5-7-12(8-11)18-16-14(22(28)30-18)10(2)24(4)20(16)26/h5-8H,1-4H3. The van der Waals surface area contributed by atoms with Crippen LogP contribution in [0.4, 0.5) is 0 Å². The minimum Gasteiger partial charge on any atom is -0.421 e.